The van der Waals surface area contributed by atoms with Crippen molar-refractivity contribution in [3.63, 3.8) is 0 Å². The van der Waals surface area contributed by atoms with Gasteiger partial charge in [-0.05, 0) is 24.3 Å². The lowest BCUT2D eigenvalue weighted by Crippen LogP contribution is -2.12. The van der Waals surface area contributed by atoms with Crippen molar-refractivity contribution in [2.24, 2.45) is 0 Å². The molecule has 0 amide bonds. The zero-order chi connectivity index (χ0) is 15.6. The summed E-state index contributed by atoms with van der Waals surface area (Å²) in [7, 11) is -3.92. The normalized spacial score (nSPS) is 10.7. The predicted molar refractivity (Wildman–Crippen MR) is 81.0 cm³/mol. The lowest BCUT2D eigenvalue weighted by molar-refractivity contribution is 0.601. The monoisotopic (exact) mass is 357 g/mol. The molecule has 1 heterocycles. The van der Waals surface area contributed by atoms with Crippen LogP contribution >= 0.6 is 34.5 Å². The summed E-state index contributed by atoms with van der Waals surface area (Å²) in [5, 5.41) is 17.7. The minimum atomic E-state index is -3.92. The van der Waals surface area contributed by atoms with E-state index in [2.05, 4.69) is 4.72 Å². The number of hydrogen-bond donors (Lipinski definition) is 1. The molecule has 9 heteroatoms. The topological polar surface area (TPSA) is 93.8 Å². The van der Waals surface area contributed by atoms with Gasteiger partial charge in [0, 0.05) is 0 Å². The average molecular weight is 358 g/mol. The molecule has 1 aromatic heterocycles. The molecule has 5 nitrogen and oxygen atoms in total. The molecular weight excluding hydrogens is 353 g/mol. The van der Waals surface area contributed by atoms with E-state index in [4.69, 9.17) is 33.7 Å². The Morgan fingerprint density at radius 2 is 1.76 bits per heavy atom. The van der Waals surface area contributed by atoms with E-state index in [1.54, 1.807) is 0 Å². The Labute approximate surface area is 135 Å². The van der Waals surface area contributed by atoms with Crippen molar-refractivity contribution in [3.8, 4) is 12.1 Å². The molecule has 0 aliphatic carbocycles. The summed E-state index contributed by atoms with van der Waals surface area (Å²) in [4.78, 5) is -0.137. The van der Waals surface area contributed by atoms with Gasteiger partial charge in [0.25, 0.3) is 10.0 Å². The molecule has 0 atom stereocenters. The second-order valence-corrected chi connectivity index (χ2v) is 7.71. The molecule has 1 aromatic carbocycles. The van der Waals surface area contributed by atoms with Crippen LogP contribution in [0.25, 0.3) is 0 Å². The number of thiophene rings is 1. The molecule has 0 bridgehead atoms. The third-order valence-corrected chi connectivity index (χ3v) is 5.56. The number of hydrogen-bond acceptors (Lipinski definition) is 5. The highest BCUT2D eigenvalue weighted by Crippen LogP contribution is 2.35. The number of rotatable bonds is 3. The largest absolute Gasteiger partial charge is 0.280 e. The second kappa shape index (κ2) is 5.92. The van der Waals surface area contributed by atoms with Gasteiger partial charge < -0.3 is 0 Å². The third kappa shape index (κ3) is 3.29. The molecule has 21 heavy (non-hydrogen) atoms. The molecule has 2 aromatic rings. The van der Waals surface area contributed by atoms with Crippen LogP contribution in [0, 0.1) is 22.7 Å². The minimum absolute atomic E-state index is 0.0432. The van der Waals surface area contributed by atoms with Crippen molar-refractivity contribution < 1.29 is 8.42 Å². The van der Waals surface area contributed by atoms with E-state index in [1.165, 1.54) is 24.3 Å². The molecule has 1 N–H and O–H groups in total. The molecule has 0 aliphatic heterocycles. The van der Waals surface area contributed by atoms with Crippen LogP contribution in [0.1, 0.15) is 11.1 Å². The number of halogens is 2. The highest BCUT2D eigenvalue weighted by molar-refractivity contribution is 7.93. The van der Waals surface area contributed by atoms with Crippen LogP contribution in [0.2, 0.25) is 8.67 Å². The Morgan fingerprint density at radius 1 is 1.10 bits per heavy atom. The highest BCUT2D eigenvalue weighted by Gasteiger charge is 2.21. The van der Waals surface area contributed by atoms with E-state index in [-0.39, 0.29) is 30.4 Å². The van der Waals surface area contributed by atoms with Gasteiger partial charge in [0.05, 0.1) is 21.2 Å². The van der Waals surface area contributed by atoms with Gasteiger partial charge in [-0.1, -0.05) is 23.2 Å². The van der Waals surface area contributed by atoms with E-state index in [1.807, 2.05) is 12.1 Å². The van der Waals surface area contributed by atoms with E-state index in [9.17, 15) is 8.42 Å². The number of nitriles is 2. The quantitative estimate of drug-likeness (QED) is 0.907. The number of nitrogens with one attached hydrogen (secondary N) is 1. The summed E-state index contributed by atoms with van der Waals surface area (Å²) in [5.41, 5.74) is 0.396. The molecule has 0 unspecified atom stereocenters. The molecule has 2 rings (SSSR count). The standard InChI is InChI=1S/C12H5Cl2N3O2S2/c13-11-4-10(12(14)20-11)21(18,19)17-9-2-1-7(5-15)8(3-9)6-16/h1-4,17H. The Morgan fingerprint density at radius 3 is 2.29 bits per heavy atom. The van der Waals surface area contributed by atoms with Crippen molar-refractivity contribution >= 4 is 50.2 Å². The fourth-order valence-corrected chi connectivity index (χ4v) is 4.72. The zero-order valence-corrected chi connectivity index (χ0v) is 13.2. The van der Waals surface area contributed by atoms with Gasteiger partial charge in [-0.2, -0.15) is 10.5 Å². The van der Waals surface area contributed by atoms with Crippen LogP contribution in [0.15, 0.2) is 29.2 Å². The molecular formula is C12H5Cl2N3O2S2. The molecule has 0 saturated carbocycles. The Balaban J connectivity index is 2.41. The fraction of sp³-hybridized carbons (Fsp3) is 0. The number of sulfonamides is 1. The maximum Gasteiger partial charge on any atom is 0.264 e. The van der Waals surface area contributed by atoms with Gasteiger partial charge >= 0.3 is 0 Å². The van der Waals surface area contributed by atoms with Crippen molar-refractivity contribution in [1.82, 2.24) is 0 Å². The first-order valence-corrected chi connectivity index (χ1v) is 8.35. The first-order valence-electron chi connectivity index (χ1n) is 5.29. The number of nitrogens with zero attached hydrogens (tertiary/aromatic N) is 2. The van der Waals surface area contributed by atoms with Gasteiger partial charge in [-0.25, -0.2) is 8.42 Å². The maximum absolute atomic E-state index is 12.2. The number of anilines is 1. The maximum atomic E-state index is 12.2. The first-order chi connectivity index (χ1) is 9.87. The van der Waals surface area contributed by atoms with Gasteiger partial charge in [0.2, 0.25) is 0 Å². The summed E-state index contributed by atoms with van der Waals surface area (Å²) < 4.78 is 27.0. The van der Waals surface area contributed by atoms with Crippen molar-refractivity contribution in [2.75, 3.05) is 4.72 Å². The van der Waals surface area contributed by atoms with Gasteiger partial charge in [-0.15, -0.1) is 11.3 Å². The van der Waals surface area contributed by atoms with Crippen LogP contribution in [-0.4, -0.2) is 8.42 Å². The average Bonchev–Trinajstić information content (AvgIpc) is 2.78. The third-order valence-electron chi connectivity index (χ3n) is 2.43. The van der Waals surface area contributed by atoms with E-state index < -0.39 is 10.0 Å². The van der Waals surface area contributed by atoms with Crippen LogP contribution in [0.4, 0.5) is 5.69 Å². The van der Waals surface area contributed by atoms with E-state index in [0.717, 1.165) is 11.3 Å². The van der Waals surface area contributed by atoms with Gasteiger partial charge in [0.15, 0.2) is 0 Å². The summed E-state index contributed by atoms with van der Waals surface area (Å²) in [6, 6.07) is 8.93. The predicted octanol–water partition coefficient (Wildman–Crippen LogP) is 3.60. The number of benzene rings is 1. The second-order valence-electron chi connectivity index (χ2n) is 3.78. The lowest BCUT2D eigenvalue weighted by atomic mass is 10.1. The summed E-state index contributed by atoms with van der Waals surface area (Å²) >= 11 is 12.5. The van der Waals surface area contributed by atoms with Gasteiger partial charge in [-0.3, -0.25) is 4.72 Å². The van der Waals surface area contributed by atoms with Crippen molar-refractivity contribution in [1.29, 1.82) is 10.5 Å². The highest BCUT2D eigenvalue weighted by atomic mass is 35.5. The minimum Gasteiger partial charge on any atom is -0.280 e. The van der Waals surface area contributed by atoms with Crippen LogP contribution in [0.3, 0.4) is 0 Å². The summed E-state index contributed by atoms with van der Waals surface area (Å²) in [6.45, 7) is 0. The molecule has 0 aliphatic rings. The van der Waals surface area contributed by atoms with Crippen LogP contribution < -0.4 is 4.72 Å². The summed E-state index contributed by atoms with van der Waals surface area (Å²) in [6.07, 6.45) is 0. The smallest absolute Gasteiger partial charge is 0.264 e. The Kier molecular flexibility index (Phi) is 4.40. The van der Waals surface area contributed by atoms with Crippen molar-refractivity contribution in [3.05, 3.63) is 44.1 Å². The molecule has 0 radical (unpaired) electrons. The summed E-state index contributed by atoms with van der Waals surface area (Å²) in [5.74, 6) is 0. The van der Waals surface area contributed by atoms with Crippen LogP contribution in [0.5, 0.6) is 0 Å². The van der Waals surface area contributed by atoms with E-state index >= 15 is 0 Å². The molecule has 0 fully saturated rings. The molecule has 0 saturated heterocycles. The van der Waals surface area contributed by atoms with Crippen LogP contribution in [-0.2, 0) is 10.0 Å². The zero-order valence-electron chi connectivity index (χ0n) is 10.1. The molecule has 0 spiro atoms. The van der Waals surface area contributed by atoms with Gasteiger partial charge in [0.1, 0.15) is 21.4 Å². The Bertz CT molecular complexity index is 892. The van der Waals surface area contributed by atoms with Crippen molar-refractivity contribution in [2.45, 2.75) is 4.90 Å². The molecule has 106 valence electrons. The lowest BCUT2D eigenvalue weighted by Gasteiger charge is -2.07. The fourth-order valence-electron chi connectivity index (χ4n) is 1.52. The van der Waals surface area contributed by atoms with E-state index in [0.29, 0.717) is 0 Å². The Hall–Kier alpha value is -1.77. The SMILES string of the molecule is N#Cc1ccc(NS(=O)(=O)c2cc(Cl)sc2Cl)cc1C#N. The first kappa shape index (κ1) is 15.6.